The Hall–Kier alpha value is -2.22. The standard InChI is InChI=1S/C14H16N4O3S/c1-2-21-14(20)18-7-5-17(6-8-18)13(19)10-3-4-11-12(9-10)16-22-15-11/h3-4,9H,2,5-8H2,1H3. The Balaban J connectivity index is 1.65. The molecule has 1 aliphatic rings. The minimum Gasteiger partial charge on any atom is -0.450 e. The zero-order valence-corrected chi connectivity index (χ0v) is 13.0. The summed E-state index contributed by atoms with van der Waals surface area (Å²) in [5, 5.41) is 0. The van der Waals surface area contributed by atoms with Crippen molar-refractivity contribution in [1.29, 1.82) is 0 Å². The van der Waals surface area contributed by atoms with Gasteiger partial charge >= 0.3 is 6.09 Å². The molecule has 2 aromatic rings. The van der Waals surface area contributed by atoms with E-state index in [1.807, 2.05) is 0 Å². The predicted octanol–water partition coefficient (Wildman–Crippen LogP) is 1.61. The quantitative estimate of drug-likeness (QED) is 0.840. The molecule has 1 saturated heterocycles. The normalized spacial score (nSPS) is 15.1. The molecule has 0 bridgehead atoms. The lowest BCUT2D eigenvalue weighted by atomic mass is 10.1. The molecule has 7 nitrogen and oxygen atoms in total. The van der Waals surface area contributed by atoms with Gasteiger partial charge in [0.05, 0.1) is 18.3 Å². The van der Waals surface area contributed by atoms with Gasteiger partial charge in [0.2, 0.25) is 0 Å². The number of carbonyl (C=O) groups is 2. The summed E-state index contributed by atoms with van der Waals surface area (Å²) in [7, 11) is 0. The summed E-state index contributed by atoms with van der Waals surface area (Å²) in [6.07, 6.45) is -0.315. The summed E-state index contributed by atoms with van der Waals surface area (Å²) in [6.45, 7) is 4.13. The first-order chi connectivity index (χ1) is 10.7. The highest BCUT2D eigenvalue weighted by molar-refractivity contribution is 7.00. The van der Waals surface area contributed by atoms with Crippen molar-refractivity contribution in [3.05, 3.63) is 23.8 Å². The lowest BCUT2D eigenvalue weighted by Gasteiger charge is -2.34. The zero-order chi connectivity index (χ0) is 15.5. The second kappa shape index (κ2) is 6.27. The van der Waals surface area contributed by atoms with Crippen LogP contribution in [0, 0.1) is 0 Å². The molecule has 1 aromatic heterocycles. The van der Waals surface area contributed by atoms with E-state index in [0.29, 0.717) is 38.3 Å². The fraction of sp³-hybridized carbons (Fsp3) is 0.429. The number of benzene rings is 1. The molecule has 8 heteroatoms. The van der Waals surface area contributed by atoms with Crippen LogP contribution in [-0.2, 0) is 4.74 Å². The maximum absolute atomic E-state index is 12.5. The van der Waals surface area contributed by atoms with Gasteiger partial charge in [-0.05, 0) is 25.1 Å². The number of hydrogen-bond donors (Lipinski definition) is 0. The van der Waals surface area contributed by atoms with Gasteiger partial charge in [0.1, 0.15) is 11.0 Å². The predicted molar refractivity (Wildman–Crippen MR) is 81.9 cm³/mol. The molecule has 0 N–H and O–H groups in total. The molecule has 0 unspecified atom stereocenters. The summed E-state index contributed by atoms with van der Waals surface area (Å²) >= 11 is 1.13. The third-order valence-electron chi connectivity index (χ3n) is 3.59. The number of piperazine rings is 1. The van der Waals surface area contributed by atoms with Gasteiger partial charge in [-0.3, -0.25) is 4.79 Å². The van der Waals surface area contributed by atoms with Crippen LogP contribution in [0.1, 0.15) is 17.3 Å². The molecule has 3 rings (SSSR count). The van der Waals surface area contributed by atoms with Gasteiger partial charge in [0.25, 0.3) is 5.91 Å². The number of hydrogen-bond acceptors (Lipinski definition) is 6. The van der Waals surface area contributed by atoms with Gasteiger partial charge < -0.3 is 14.5 Å². The first kappa shape index (κ1) is 14.7. The van der Waals surface area contributed by atoms with Crippen molar-refractivity contribution in [2.45, 2.75) is 6.92 Å². The minimum absolute atomic E-state index is 0.0431. The molecule has 0 saturated carbocycles. The van der Waals surface area contributed by atoms with Crippen LogP contribution in [0.2, 0.25) is 0 Å². The Bertz CT molecular complexity index is 694. The van der Waals surface area contributed by atoms with Crippen molar-refractivity contribution in [1.82, 2.24) is 18.5 Å². The van der Waals surface area contributed by atoms with Gasteiger partial charge in [-0.25, -0.2) is 4.79 Å². The molecule has 22 heavy (non-hydrogen) atoms. The van der Waals surface area contributed by atoms with Crippen LogP contribution in [0.25, 0.3) is 11.0 Å². The Morgan fingerprint density at radius 2 is 1.82 bits per heavy atom. The first-order valence-electron chi connectivity index (χ1n) is 7.12. The van der Waals surface area contributed by atoms with Gasteiger partial charge in [-0.1, -0.05) is 0 Å². The van der Waals surface area contributed by atoms with Crippen molar-refractivity contribution in [3.8, 4) is 0 Å². The Kier molecular flexibility index (Phi) is 4.19. The third kappa shape index (κ3) is 2.87. The van der Waals surface area contributed by atoms with Crippen molar-refractivity contribution in [3.63, 3.8) is 0 Å². The van der Waals surface area contributed by atoms with E-state index < -0.39 is 0 Å². The van der Waals surface area contributed by atoms with Crippen molar-refractivity contribution >= 4 is 34.8 Å². The average molecular weight is 320 g/mol. The molecule has 116 valence electrons. The third-order valence-corrected chi connectivity index (χ3v) is 4.15. The highest BCUT2D eigenvalue weighted by atomic mass is 32.1. The molecule has 1 aromatic carbocycles. The molecule has 0 spiro atoms. The molecular formula is C14H16N4O3S. The second-order valence-electron chi connectivity index (χ2n) is 4.95. The maximum atomic E-state index is 12.5. The Labute approximate surface area is 131 Å². The fourth-order valence-corrected chi connectivity index (χ4v) is 2.92. The van der Waals surface area contributed by atoms with E-state index in [4.69, 9.17) is 4.74 Å². The van der Waals surface area contributed by atoms with E-state index in [1.165, 1.54) is 0 Å². The summed E-state index contributed by atoms with van der Waals surface area (Å²) < 4.78 is 13.2. The maximum Gasteiger partial charge on any atom is 0.409 e. The summed E-state index contributed by atoms with van der Waals surface area (Å²) in [5.41, 5.74) is 2.14. The van der Waals surface area contributed by atoms with Crippen LogP contribution < -0.4 is 0 Å². The van der Waals surface area contributed by atoms with Crippen LogP contribution in [-0.4, -0.2) is 63.3 Å². The minimum atomic E-state index is -0.315. The van der Waals surface area contributed by atoms with Crippen LogP contribution in [0.15, 0.2) is 18.2 Å². The largest absolute Gasteiger partial charge is 0.450 e. The monoisotopic (exact) mass is 320 g/mol. The van der Waals surface area contributed by atoms with Gasteiger partial charge in [-0.2, -0.15) is 8.75 Å². The first-order valence-corrected chi connectivity index (χ1v) is 7.85. The van der Waals surface area contributed by atoms with Gasteiger partial charge in [0.15, 0.2) is 0 Å². The summed E-state index contributed by atoms with van der Waals surface area (Å²) in [6, 6.07) is 5.34. The van der Waals surface area contributed by atoms with Crippen LogP contribution in [0.4, 0.5) is 4.79 Å². The fourth-order valence-electron chi connectivity index (χ4n) is 2.40. The van der Waals surface area contributed by atoms with E-state index in [2.05, 4.69) is 8.75 Å². The lowest BCUT2D eigenvalue weighted by molar-refractivity contribution is 0.0570. The zero-order valence-electron chi connectivity index (χ0n) is 12.2. The van der Waals surface area contributed by atoms with E-state index in [9.17, 15) is 9.59 Å². The van der Waals surface area contributed by atoms with Crippen LogP contribution >= 0.6 is 11.7 Å². The molecule has 0 radical (unpaired) electrons. The van der Waals surface area contributed by atoms with E-state index >= 15 is 0 Å². The molecule has 0 atom stereocenters. The van der Waals surface area contributed by atoms with Crippen molar-refractivity contribution in [2.75, 3.05) is 32.8 Å². The second-order valence-corrected chi connectivity index (χ2v) is 5.47. The van der Waals surface area contributed by atoms with Crippen molar-refractivity contribution < 1.29 is 14.3 Å². The molecule has 1 fully saturated rings. The number of amides is 2. The highest BCUT2D eigenvalue weighted by Gasteiger charge is 2.25. The van der Waals surface area contributed by atoms with E-state index in [1.54, 1.807) is 34.9 Å². The molecule has 2 amide bonds. The van der Waals surface area contributed by atoms with E-state index in [0.717, 1.165) is 22.8 Å². The number of rotatable bonds is 2. The average Bonchev–Trinajstić information content (AvgIpc) is 3.02. The summed E-state index contributed by atoms with van der Waals surface area (Å²) in [5.74, 6) is -0.0431. The molecular weight excluding hydrogens is 304 g/mol. The number of carbonyl (C=O) groups excluding carboxylic acids is 2. The Morgan fingerprint density at radius 1 is 1.14 bits per heavy atom. The molecule has 1 aliphatic heterocycles. The van der Waals surface area contributed by atoms with Gasteiger partial charge in [0, 0.05) is 31.7 Å². The highest BCUT2D eigenvalue weighted by Crippen LogP contribution is 2.16. The topological polar surface area (TPSA) is 75.6 Å². The number of fused-ring (bicyclic) bond motifs is 1. The Morgan fingerprint density at radius 3 is 2.55 bits per heavy atom. The van der Waals surface area contributed by atoms with E-state index in [-0.39, 0.29) is 12.0 Å². The van der Waals surface area contributed by atoms with Crippen molar-refractivity contribution in [2.24, 2.45) is 0 Å². The number of aromatic nitrogens is 2. The lowest BCUT2D eigenvalue weighted by Crippen LogP contribution is -2.50. The SMILES string of the molecule is CCOC(=O)N1CCN(C(=O)c2ccc3nsnc3c2)CC1. The molecule has 2 heterocycles. The number of nitrogens with zero attached hydrogens (tertiary/aromatic N) is 4. The number of ether oxygens (including phenoxy) is 1. The van der Waals surface area contributed by atoms with Crippen LogP contribution in [0.5, 0.6) is 0 Å². The molecule has 0 aliphatic carbocycles. The summed E-state index contributed by atoms with van der Waals surface area (Å²) in [4.78, 5) is 27.5. The smallest absolute Gasteiger partial charge is 0.409 e. The van der Waals surface area contributed by atoms with Crippen LogP contribution in [0.3, 0.4) is 0 Å². The van der Waals surface area contributed by atoms with Gasteiger partial charge in [-0.15, -0.1) is 0 Å².